The average molecular weight is 528 g/mol. The number of aliphatic hydroxyl groups is 1. The average Bonchev–Trinajstić information content (AvgIpc) is 3.42. The van der Waals surface area contributed by atoms with Gasteiger partial charge in [-0.3, -0.25) is 9.89 Å². The van der Waals surface area contributed by atoms with Crippen LogP contribution < -0.4 is 9.47 Å². The molecule has 0 fully saturated rings. The van der Waals surface area contributed by atoms with Crippen molar-refractivity contribution >= 4 is 17.5 Å². The molecule has 1 amide bonds. The summed E-state index contributed by atoms with van der Waals surface area (Å²) in [5.74, 6) is 1.07. The van der Waals surface area contributed by atoms with E-state index < -0.39 is 6.04 Å². The second-order valence-electron chi connectivity index (χ2n) is 9.15. The summed E-state index contributed by atoms with van der Waals surface area (Å²) >= 11 is 6.38. The van der Waals surface area contributed by atoms with Crippen molar-refractivity contribution in [3.8, 4) is 28.5 Å². The molecule has 1 unspecified atom stereocenters. The maximum Gasteiger partial charge on any atom is 0.273 e. The highest BCUT2D eigenvalue weighted by molar-refractivity contribution is 6.31. The molecule has 0 saturated heterocycles. The number of aromatic amines is 1. The molecule has 3 N–H and O–H groups in total. The number of amides is 1. The van der Waals surface area contributed by atoms with Gasteiger partial charge in [0.25, 0.3) is 5.91 Å². The molecular weight excluding hydrogens is 494 g/mol. The molecule has 4 rings (SSSR count). The first-order valence-electron chi connectivity index (χ1n) is 12.8. The number of unbranched alkanes of at least 4 members (excludes halogenated alkanes) is 2. The Bertz CT molecular complexity index is 1260. The molecule has 0 radical (unpaired) electrons. The lowest BCUT2D eigenvalue weighted by molar-refractivity contribution is 0.0732. The standard InChI is InChI=1S/C28H34ClN3O5/c1-4-6-7-13-37-22-10-9-18(15-23(22)36-5-2)27-24-25(19-16-20(29)17(3)14-21(19)34)30-31-26(24)28(35)32(27)11-8-12-33/h9-10,14-16,27,33-34H,4-8,11-13H2,1-3H3,(H,30,31). The number of nitrogens with zero attached hydrogens (tertiary/aromatic N) is 2. The van der Waals surface area contributed by atoms with Gasteiger partial charge in [0.1, 0.15) is 17.1 Å². The molecule has 0 aliphatic carbocycles. The molecule has 1 atom stereocenters. The van der Waals surface area contributed by atoms with Crippen molar-refractivity contribution in [2.24, 2.45) is 0 Å². The summed E-state index contributed by atoms with van der Waals surface area (Å²) in [6, 6.07) is 8.45. The summed E-state index contributed by atoms with van der Waals surface area (Å²) in [4.78, 5) is 15.2. The van der Waals surface area contributed by atoms with Crippen molar-refractivity contribution in [1.82, 2.24) is 15.1 Å². The van der Waals surface area contributed by atoms with Gasteiger partial charge in [-0.05, 0) is 62.1 Å². The van der Waals surface area contributed by atoms with Gasteiger partial charge in [0.2, 0.25) is 0 Å². The first-order chi connectivity index (χ1) is 17.9. The third-order valence-corrected chi connectivity index (χ3v) is 6.95. The van der Waals surface area contributed by atoms with E-state index in [1.54, 1.807) is 17.0 Å². The van der Waals surface area contributed by atoms with E-state index in [4.69, 9.17) is 21.1 Å². The zero-order valence-corrected chi connectivity index (χ0v) is 22.3. The highest BCUT2D eigenvalue weighted by atomic mass is 35.5. The summed E-state index contributed by atoms with van der Waals surface area (Å²) in [5, 5.41) is 28.0. The first-order valence-corrected chi connectivity index (χ1v) is 13.2. The molecule has 2 aromatic carbocycles. The number of rotatable bonds is 12. The van der Waals surface area contributed by atoms with Crippen LogP contribution in [-0.2, 0) is 0 Å². The van der Waals surface area contributed by atoms with Crippen LogP contribution in [-0.4, -0.2) is 57.6 Å². The van der Waals surface area contributed by atoms with E-state index in [2.05, 4.69) is 17.1 Å². The number of fused-ring (bicyclic) bond motifs is 1. The van der Waals surface area contributed by atoms with Crippen molar-refractivity contribution < 1.29 is 24.5 Å². The lowest BCUT2D eigenvalue weighted by atomic mass is 9.95. The van der Waals surface area contributed by atoms with Crippen molar-refractivity contribution in [2.75, 3.05) is 26.4 Å². The number of aromatic nitrogens is 2. The van der Waals surface area contributed by atoms with E-state index in [-0.39, 0.29) is 18.3 Å². The Hall–Kier alpha value is -3.23. The van der Waals surface area contributed by atoms with Gasteiger partial charge in [0.05, 0.1) is 19.3 Å². The molecule has 0 spiro atoms. The van der Waals surface area contributed by atoms with Crippen LogP contribution in [0.2, 0.25) is 5.02 Å². The fourth-order valence-electron chi connectivity index (χ4n) is 4.69. The third kappa shape index (κ3) is 5.40. The monoisotopic (exact) mass is 527 g/mol. The van der Waals surface area contributed by atoms with E-state index in [9.17, 15) is 15.0 Å². The number of aryl methyl sites for hydroxylation is 1. The normalized spacial score (nSPS) is 14.8. The fourth-order valence-corrected chi connectivity index (χ4v) is 4.86. The summed E-state index contributed by atoms with van der Waals surface area (Å²) in [5.41, 5.74) is 3.45. The molecule has 1 aliphatic heterocycles. The van der Waals surface area contributed by atoms with E-state index >= 15 is 0 Å². The zero-order chi connectivity index (χ0) is 26.5. The number of hydrogen-bond acceptors (Lipinski definition) is 6. The Labute approximate surface area is 222 Å². The Morgan fingerprint density at radius 3 is 2.65 bits per heavy atom. The summed E-state index contributed by atoms with van der Waals surface area (Å²) in [7, 11) is 0. The predicted octanol–water partition coefficient (Wildman–Crippen LogP) is 5.64. The van der Waals surface area contributed by atoms with Crippen LogP contribution in [0, 0.1) is 6.92 Å². The lowest BCUT2D eigenvalue weighted by Gasteiger charge is -2.27. The van der Waals surface area contributed by atoms with E-state index in [1.807, 2.05) is 32.0 Å². The summed E-state index contributed by atoms with van der Waals surface area (Å²) in [6.45, 7) is 7.24. The number of H-pyrrole nitrogens is 1. The van der Waals surface area contributed by atoms with Crippen LogP contribution >= 0.6 is 11.6 Å². The van der Waals surface area contributed by atoms with Gasteiger partial charge in [-0.25, -0.2) is 0 Å². The van der Waals surface area contributed by atoms with E-state index in [1.165, 1.54) is 0 Å². The largest absolute Gasteiger partial charge is 0.507 e. The van der Waals surface area contributed by atoms with Gasteiger partial charge in [-0.15, -0.1) is 0 Å². The number of hydrogen-bond donors (Lipinski definition) is 3. The predicted molar refractivity (Wildman–Crippen MR) is 143 cm³/mol. The van der Waals surface area contributed by atoms with Crippen LogP contribution in [0.15, 0.2) is 30.3 Å². The minimum atomic E-state index is -0.504. The maximum absolute atomic E-state index is 13.4. The summed E-state index contributed by atoms with van der Waals surface area (Å²) < 4.78 is 11.9. The molecular formula is C28H34ClN3O5. The van der Waals surface area contributed by atoms with Crippen LogP contribution in [0.1, 0.15) is 72.8 Å². The number of nitrogens with one attached hydrogen (secondary N) is 1. The number of halogens is 1. The fraction of sp³-hybridized carbons (Fsp3) is 0.429. The van der Waals surface area contributed by atoms with Crippen LogP contribution in [0.3, 0.4) is 0 Å². The van der Waals surface area contributed by atoms with Crippen molar-refractivity contribution in [3.05, 3.63) is 57.7 Å². The second-order valence-corrected chi connectivity index (χ2v) is 9.56. The number of aromatic hydroxyl groups is 1. The lowest BCUT2D eigenvalue weighted by Crippen LogP contribution is -2.31. The van der Waals surface area contributed by atoms with Gasteiger partial charge < -0.3 is 24.6 Å². The summed E-state index contributed by atoms with van der Waals surface area (Å²) in [6.07, 6.45) is 3.58. The molecule has 0 saturated carbocycles. The van der Waals surface area contributed by atoms with E-state index in [0.29, 0.717) is 65.2 Å². The van der Waals surface area contributed by atoms with Gasteiger partial charge in [0, 0.05) is 29.3 Å². The molecule has 1 aliphatic rings. The SMILES string of the molecule is CCCCCOc1ccc(C2c3c(-c4cc(Cl)c(C)cc4O)n[nH]c3C(=O)N2CCCO)cc1OCC. The van der Waals surface area contributed by atoms with Gasteiger partial charge in [-0.1, -0.05) is 37.4 Å². The quantitative estimate of drug-likeness (QED) is 0.263. The van der Waals surface area contributed by atoms with Crippen molar-refractivity contribution in [2.45, 2.75) is 52.5 Å². The maximum atomic E-state index is 13.4. The van der Waals surface area contributed by atoms with Crippen LogP contribution in [0.25, 0.3) is 11.3 Å². The zero-order valence-electron chi connectivity index (χ0n) is 21.5. The number of ether oxygens (including phenoxy) is 2. The van der Waals surface area contributed by atoms with Gasteiger partial charge in [0.15, 0.2) is 11.5 Å². The Morgan fingerprint density at radius 2 is 1.92 bits per heavy atom. The van der Waals surface area contributed by atoms with Crippen molar-refractivity contribution in [3.63, 3.8) is 0 Å². The number of phenols is 1. The molecule has 2 heterocycles. The minimum absolute atomic E-state index is 0.0297. The molecule has 9 heteroatoms. The Kier molecular flexibility index (Phi) is 8.61. The number of benzene rings is 2. The molecule has 3 aromatic rings. The number of aliphatic hydroxyl groups excluding tert-OH is 1. The number of carbonyl (C=O) groups excluding carboxylic acids is 1. The molecule has 198 valence electrons. The topological polar surface area (TPSA) is 108 Å². The Morgan fingerprint density at radius 1 is 1.11 bits per heavy atom. The molecule has 0 bridgehead atoms. The minimum Gasteiger partial charge on any atom is -0.507 e. The first kappa shape index (κ1) is 26.8. The van der Waals surface area contributed by atoms with Gasteiger partial charge in [-0.2, -0.15) is 5.10 Å². The van der Waals surface area contributed by atoms with Gasteiger partial charge >= 0.3 is 0 Å². The molecule has 37 heavy (non-hydrogen) atoms. The van der Waals surface area contributed by atoms with E-state index in [0.717, 1.165) is 30.4 Å². The second kappa shape index (κ2) is 11.9. The molecule has 8 nitrogen and oxygen atoms in total. The highest BCUT2D eigenvalue weighted by Gasteiger charge is 2.42. The molecule has 1 aromatic heterocycles. The van der Waals surface area contributed by atoms with Crippen LogP contribution in [0.4, 0.5) is 0 Å². The number of carbonyl (C=O) groups is 1. The number of phenolic OH excluding ortho intramolecular Hbond substituents is 1. The Balaban J connectivity index is 1.80. The smallest absolute Gasteiger partial charge is 0.273 e. The third-order valence-electron chi connectivity index (χ3n) is 6.54. The highest BCUT2D eigenvalue weighted by Crippen LogP contribution is 2.46. The van der Waals surface area contributed by atoms with Crippen molar-refractivity contribution in [1.29, 1.82) is 0 Å². The van der Waals surface area contributed by atoms with Crippen LogP contribution in [0.5, 0.6) is 17.2 Å².